The first-order valence-corrected chi connectivity index (χ1v) is 7.36. The minimum absolute atomic E-state index is 0.0682. The maximum Gasteiger partial charge on any atom is 0.170 e. The number of piperidine rings is 1. The highest BCUT2D eigenvalue weighted by molar-refractivity contribution is 5.13. The summed E-state index contributed by atoms with van der Waals surface area (Å²) in [6.07, 6.45) is 5.80. The summed E-state index contributed by atoms with van der Waals surface area (Å²) in [6.45, 7) is 5.39. The Morgan fingerprint density at radius 2 is 1.95 bits per heavy atom. The second-order valence-electron chi connectivity index (χ2n) is 5.89. The van der Waals surface area contributed by atoms with Gasteiger partial charge in [0, 0.05) is 50.8 Å². The monoisotopic (exact) mass is 280 g/mol. The molecule has 3 rings (SSSR count). The number of hydrogen-bond acceptors (Lipinski definition) is 5. The zero-order valence-electron chi connectivity index (χ0n) is 12.3. The molecule has 112 valence electrons. The summed E-state index contributed by atoms with van der Waals surface area (Å²) in [7, 11) is 1.94. The first-order valence-electron chi connectivity index (χ1n) is 7.36. The van der Waals surface area contributed by atoms with Gasteiger partial charge < -0.3 is 15.2 Å². The van der Waals surface area contributed by atoms with Gasteiger partial charge in [-0.05, 0) is 6.92 Å². The normalized spacial score (nSPS) is 25.9. The molecule has 2 aliphatic rings. The van der Waals surface area contributed by atoms with Crippen LogP contribution in [0.25, 0.3) is 0 Å². The molecule has 20 heavy (non-hydrogen) atoms. The van der Waals surface area contributed by atoms with E-state index in [9.17, 15) is 0 Å². The lowest BCUT2D eigenvalue weighted by Crippen LogP contribution is -2.49. The molecule has 0 saturated carbocycles. The summed E-state index contributed by atoms with van der Waals surface area (Å²) >= 11 is 0. The Morgan fingerprint density at radius 1 is 1.30 bits per heavy atom. The van der Waals surface area contributed by atoms with E-state index in [4.69, 9.17) is 15.2 Å². The molecule has 2 saturated heterocycles. The molecular formula is C14H24N4O2. The Bertz CT molecular complexity index is 444. The summed E-state index contributed by atoms with van der Waals surface area (Å²) in [5, 5.41) is 4.27. The topological polar surface area (TPSA) is 65.5 Å². The fraction of sp³-hybridized carbons (Fsp3) is 0.786. The van der Waals surface area contributed by atoms with Crippen LogP contribution in [0.2, 0.25) is 0 Å². The number of aryl methyl sites for hydroxylation is 1. The number of nitrogens with zero attached hydrogens (tertiary/aromatic N) is 3. The predicted molar refractivity (Wildman–Crippen MR) is 75.0 cm³/mol. The molecular weight excluding hydrogens is 256 g/mol. The highest BCUT2D eigenvalue weighted by Crippen LogP contribution is 2.35. The molecule has 0 bridgehead atoms. The van der Waals surface area contributed by atoms with E-state index < -0.39 is 0 Å². The van der Waals surface area contributed by atoms with Gasteiger partial charge in [-0.25, -0.2) is 0 Å². The number of rotatable bonds is 3. The molecule has 0 amide bonds. The van der Waals surface area contributed by atoms with E-state index in [2.05, 4.69) is 23.1 Å². The molecule has 0 aromatic carbocycles. The van der Waals surface area contributed by atoms with E-state index >= 15 is 0 Å². The minimum Gasteiger partial charge on any atom is -0.347 e. The van der Waals surface area contributed by atoms with Crippen LogP contribution in [0.1, 0.15) is 31.4 Å². The average molecular weight is 280 g/mol. The molecule has 2 N–H and O–H groups in total. The van der Waals surface area contributed by atoms with Crippen molar-refractivity contribution in [2.24, 2.45) is 12.8 Å². The quantitative estimate of drug-likeness (QED) is 0.880. The van der Waals surface area contributed by atoms with Crippen molar-refractivity contribution in [3.8, 4) is 0 Å². The van der Waals surface area contributed by atoms with Crippen LogP contribution in [-0.4, -0.2) is 52.8 Å². The lowest BCUT2D eigenvalue weighted by molar-refractivity contribution is -0.188. The van der Waals surface area contributed by atoms with Gasteiger partial charge in [-0.15, -0.1) is 0 Å². The standard InChI is InChI=1S/C14H24N4O2/c1-11(15)13(12-9-16-17(2)10-12)18-5-3-14(4-6-18)19-7-8-20-14/h9-11,13H,3-8,15H2,1-2H3. The smallest absolute Gasteiger partial charge is 0.170 e. The van der Waals surface area contributed by atoms with Gasteiger partial charge in [-0.2, -0.15) is 5.10 Å². The van der Waals surface area contributed by atoms with Crippen molar-refractivity contribution in [2.75, 3.05) is 26.3 Å². The van der Waals surface area contributed by atoms with Crippen molar-refractivity contribution >= 4 is 0 Å². The molecule has 1 aromatic rings. The SMILES string of the molecule is CC(N)C(c1cnn(C)c1)N1CCC2(CC1)OCCO2. The van der Waals surface area contributed by atoms with Crippen molar-refractivity contribution in [2.45, 2.75) is 37.6 Å². The summed E-state index contributed by atoms with van der Waals surface area (Å²) in [5.74, 6) is -0.326. The van der Waals surface area contributed by atoms with Crippen molar-refractivity contribution in [3.05, 3.63) is 18.0 Å². The van der Waals surface area contributed by atoms with Crippen LogP contribution in [0.15, 0.2) is 12.4 Å². The van der Waals surface area contributed by atoms with Gasteiger partial charge in [-0.1, -0.05) is 0 Å². The van der Waals surface area contributed by atoms with Crippen molar-refractivity contribution in [1.29, 1.82) is 0 Å². The first kappa shape index (κ1) is 14.0. The van der Waals surface area contributed by atoms with E-state index in [-0.39, 0.29) is 17.9 Å². The van der Waals surface area contributed by atoms with Gasteiger partial charge >= 0.3 is 0 Å². The fourth-order valence-electron chi connectivity index (χ4n) is 3.37. The number of likely N-dealkylation sites (tertiary alicyclic amines) is 1. The Hall–Kier alpha value is -0.950. The van der Waals surface area contributed by atoms with Gasteiger partial charge in [-0.3, -0.25) is 9.58 Å². The van der Waals surface area contributed by atoms with Crippen LogP contribution in [0.5, 0.6) is 0 Å². The van der Waals surface area contributed by atoms with Crippen LogP contribution < -0.4 is 5.73 Å². The second-order valence-corrected chi connectivity index (χ2v) is 5.89. The molecule has 6 heteroatoms. The van der Waals surface area contributed by atoms with E-state index in [1.54, 1.807) is 0 Å². The maximum absolute atomic E-state index is 6.21. The highest BCUT2D eigenvalue weighted by Gasteiger charge is 2.41. The molecule has 3 heterocycles. The van der Waals surface area contributed by atoms with E-state index in [0.717, 1.165) is 39.1 Å². The fourth-order valence-corrected chi connectivity index (χ4v) is 3.37. The van der Waals surface area contributed by atoms with E-state index in [1.807, 2.05) is 17.9 Å². The Kier molecular flexibility index (Phi) is 3.81. The third-order valence-electron chi connectivity index (χ3n) is 4.33. The summed E-state index contributed by atoms with van der Waals surface area (Å²) in [6, 6.07) is 0.279. The van der Waals surface area contributed by atoms with Crippen molar-refractivity contribution in [1.82, 2.24) is 14.7 Å². The van der Waals surface area contributed by atoms with Gasteiger partial charge in [0.2, 0.25) is 0 Å². The third-order valence-corrected chi connectivity index (χ3v) is 4.33. The molecule has 1 spiro atoms. The van der Waals surface area contributed by atoms with Gasteiger partial charge in [0.1, 0.15) is 0 Å². The predicted octanol–water partition coefficient (Wildman–Crippen LogP) is 0.647. The van der Waals surface area contributed by atoms with Crippen LogP contribution in [0, 0.1) is 0 Å². The lowest BCUT2D eigenvalue weighted by Gasteiger charge is -2.42. The van der Waals surface area contributed by atoms with Gasteiger partial charge in [0.05, 0.1) is 25.5 Å². The molecule has 0 radical (unpaired) electrons. The second kappa shape index (κ2) is 5.44. The van der Waals surface area contributed by atoms with Crippen LogP contribution in [0.3, 0.4) is 0 Å². The third kappa shape index (κ3) is 2.61. The van der Waals surface area contributed by atoms with E-state index in [0.29, 0.717) is 0 Å². The Morgan fingerprint density at radius 3 is 2.45 bits per heavy atom. The molecule has 0 aliphatic carbocycles. The van der Waals surface area contributed by atoms with Gasteiger partial charge in [0.15, 0.2) is 5.79 Å². The number of aromatic nitrogens is 2. The number of ether oxygens (including phenoxy) is 2. The average Bonchev–Trinajstić information content (AvgIpc) is 3.02. The first-order chi connectivity index (χ1) is 9.60. The summed E-state index contributed by atoms with van der Waals surface area (Å²) in [4.78, 5) is 2.43. The molecule has 2 atom stereocenters. The van der Waals surface area contributed by atoms with Crippen LogP contribution in [-0.2, 0) is 16.5 Å². The van der Waals surface area contributed by atoms with E-state index in [1.165, 1.54) is 5.56 Å². The van der Waals surface area contributed by atoms with Crippen LogP contribution in [0.4, 0.5) is 0 Å². The summed E-state index contributed by atoms with van der Waals surface area (Å²) < 4.78 is 13.4. The Labute approximate surface area is 119 Å². The Balaban J connectivity index is 1.70. The van der Waals surface area contributed by atoms with Crippen molar-refractivity contribution < 1.29 is 9.47 Å². The van der Waals surface area contributed by atoms with Gasteiger partial charge in [0.25, 0.3) is 0 Å². The van der Waals surface area contributed by atoms with Crippen LogP contribution >= 0.6 is 0 Å². The lowest BCUT2D eigenvalue weighted by atomic mass is 9.96. The molecule has 6 nitrogen and oxygen atoms in total. The minimum atomic E-state index is -0.326. The zero-order valence-corrected chi connectivity index (χ0v) is 12.3. The summed E-state index contributed by atoms with van der Waals surface area (Å²) in [5.41, 5.74) is 7.40. The molecule has 1 aromatic heterocycles. The number of hydrogen-bond donors (Lipinski definition) is 1. The highest BCUT2D eigenvalue weighted by atomic mass is 16.7. The molecule has 2 fully saturated rings. The largest absolute Gasteiger partial charge is 0.347 e. The van der Waals surface area contributed by atoms with Crippen molar-refractivity contribution in [3.63, 3.8) is 0 Å². The molecule has 2 unspecified atom stereocenters. The molecule has 2 aliphatic heterocycles. The zero-order chi connectivity index (χ0) is 14.2. The maximum atomic E-state index is 6.21. The number of nitrogens with two attached hydrogens (primary N) is 1.